The molecule has 1 aliphatic rings. The van der Waals surface area contributed by atoms with Crippen molar-refractivity contribution in [1.82, 2.24) is 9.78 Å². The first-order valence-corrected chi connectivity index (χ1v) is 13.2. The number of carbonyl (C=O) groups is 1. The van der Waals surface area contributed by atoms with Gasteiger partial charge >= 0.3 is 5.97 Å². The van der Waals surface area contributed by atoms with Crippen LogP contribution in [0.4, 0.5) is 10.8 Å². The number of thiocarbonyl (C=S) groups is 1. The van der Waals surface area contributed by atoms with Crippen molar-refractivity contribution in [3.05, 3.63) is 61.5 Å². The first-order valence-electron chi connectivity index (χ1n) is 10.8. The monoisotopic (exact) mass is 566 g/mol. The quantitative estimate of drug-likeness (QED) is 0.197. The number of aromatic nitrogens is 2. The summed E-state index contributed by atoms with van der Waals surface area (Å²) in [6.45, 7) is 2.69. The highest BCUT2D eigenvalue weighted by Gasteiger charge is 2.26. The number of anilines is 2. The van der Waals surface area contributed by atoms with Gasteiger partial charge in [0.25, 0.3) is 0 Å². The van der Waals surface area contributed by atoms with E-state index in [1.165, 1.54) is 11.3 Å². The number of nitrogens with zero attached hydrogens (tertiary/aromatic N) is 2. The first kappa shape index (κ1) is 24.2. The van der Waals surface area contributed by atoms with Crippen LogP contribution >= 0.6 is 51.1 Å². The van der Waals surface area contributed by atoms with Crippen LogP contribution < -0.4 is 10.6 Å². The van der Waals surface area contributed by atoms with Crippen LogP contribution in [0.2, 0.25) is 5.02 Å². The van der Waals surface area contributed by atoms with Crippen LogP contribution in [0.25, 0.3) is 0 Å². The lowest BCUT2D eigenvalue weighted by atomic mass is 10.1. The fourth-order valence-corrected chi connectivity index (χ4v) is 6.01. The normalized spacial score (nSPS) is 13.2. The Morgan fingerprint density at radius 1 is 1.27 bits per heavy atom. The van der Waals surface area contributed by atoms with Crippen molar-refractivity contribution in [2.75, 3.05) is 17.2 Å². The Balaban J connectivity index is 1.51. The van der Waals surface area contributed by atoms with Crippen LogP contribution in [0.5, 0.6) is 0 Å². The number of hydrogen-bond acceptors (Lipinski definition) is 5. The molecule has 1 aromatic carbocycles. The third-order valence-corrected chi connectivity index (χ3v) is 7.73. The van der Waals surface area contributed by atoms with Crippen molar-refractivity contribution in [3.63, 3.8) is 0 Å². The van der Waals surface area contributed by atoms with Gasteiger partial charge in [-0.15, -0.1) is 11.3 Å². The van der Waals surface area contributed by atoms with E-state index in [0.29, 0.717) is 34.7 Å². The van der Waals surface area contributed by atoms with Gasteiger partial charge < -0.3 is 15.4 Å². The zero-order chi connectivity index (χ0) is 23.4. The molecule has 0 spiro atoms. The minimum atomic E-state index is -0.299. The highest BCUT2D eigenvalue weighted by atomic mass is 79.9. The minimum absolute atomic E-state index is 0.299. The molecule has 33 heavy (non-hydrogen) atoms. The second-order valence-electron chi connectivity index (χ2n) is 7.68. The molecule has 0 fully saturated rings. The Labute approximate surface area is 215 Å². The van der Waals surface area contributed by atoms with E-state index in [9.17, 15) is 4.79 Å². The van der Waals surface area contributed by atoms with Crippen LogP contribution in [-0.4, -0.2) is 27.5 Å². The molecule has 3 aromatic rings. The number of fused-ring (bicyclic) bond motifs is 1. The molecule has 2 aromatic heterocycles. The van der Waals surface area contributed by atoms with Crippen LogP contribution in [0.15, 0.2) is 34.9 Å². The van der Waals surface area contributed by atoms with Crippen molar-refractivity contribution in [3.8, 4) is 0 Å². The predicted octanol–water partition coefficient (Wildman–Crippen LogP) is 6.66. The largest absolute Gasteiger partial charge is 0.462 e. The third-order valence-electron chi connectivity index (χ3n) is 5.37. The minimum Gasteiger partial charge on any atom is -0.462 e. The lowest BCUT2D eigenvalue weighted by molar-refractivity contribution is 0.0527. The van der Waals surface area contributed by atoms with Gasteiger partial charge in [0.2, 0.25) is 0 Å². The third kappa shape index (κ3) is 5.77. The molecule has 2 N–H and O–H groups in total. The van der Waals surface area contributed by atoms with E-state index in [-0.39, 0.29) is 5.97 Å². The second kappa shape index (κ2) is 11.0. The van der Waals surface area contributed by atoms with E-state index in [2.05, 4.69) is 31.7 Å². The topological polar surface area (TPSA) is 68.2 Å². The van der Waals surface area contributed by atoms with Crippen molar-refractivity contribution < 1.29 is 9.53 Å². The Hall–Kier alpha value is -1.94. The van der Waals surface area contributed by atoms with Crippen LogP contribution in [0.1, 0.15) is 52.5 Å². The molecule has 0 unspecified atom stereocenters. The zero-order valence-corrected chi connectivity index (χ0v) is 22.1. The smallest absolute Gasteiger partial charge is 0.341 e. The van der Waals surface area contributed by atoms with E-state index in [1.54, 1.807) is 16.0 Å². The highest BCUT2D eigenvalue weighted by Crippen LogP contribution is 2.38. The van der Waals surface area contributed by atoms with Gasteiger partial charge in [0, 0.05) is 16.1 Å². The molecule has 0 radical (unpaired) electrons. The van der Waals surface area contributed by atoms with E-state index in [4.69, 9.17) is 28.6 Å². The lowest BCUT2D eigenvalue weighted by Gasteiger charge is -2.11. The summed E-state index contributed by atoms with van der Waals surface area (Å²) in [5, 5.41) is 12.7. The number of esters is 1. The van der Waals surface area contributed by atoms with E-state index < -0.39 is 0 Å². The molecule has 0 bridgehead atoms. The van der Waals surface area contributed by atoms with Gasteiger partial charge in [-0.25, -0.2) is 4.79 Å². The number of nitrogens with one attached hydrogen (secondary N) is 2. The van der Waals surface area contributed by atoms with Gasteiger partial charge in [-0.1, -0.05) is 36.2 Å². The molecule has 0 atom stereocenters. The molecule has 0 saturated heterocycles. The fraction of sp³-hybridized carbons (Fsp3) is 0.348. The molecule has 10 heteroatoms. The second-order valence-corrected chi connectivity index (χ2v) is 10.5. The van der Waals surface area contributed by atoms with Crippen molar-refractivity contribution in [2.24, 2.45) is 0 Å². The summed E-state index contributed by atoms with van der Waals surface area (Å²) < 4.78 is 7.91. The van der Waals surface area contributed by atoms with Crippen molar-refractivity contribution in [1.29, 1.82) is 0 Å². The van der Waals surface area contributed by atoms with Crippen molar-refractivity contribution >= 4 is 73.0 Å². The first-order chi connectivity index (χ1) is 16.0. The molecule has 0 amide bonds. The van der Waals surface area contributed by atoms with Gasteiger partial charge in [-0.3, -0.25) is 4.68 Å². The standard InChI is InChI=1S/C23H24BrClN4O2S2/c1-2-31-22(30)19-15-9-4-3-5-11-18(15)33-21(19)27-23(32)26-20-16(24)13-29(28-20)12-14-8-6-7-10-17(14)25/h6-8,10,13H,2-5,9,11-12H2,1H3,(H2,26,27,28,32). The van der Waals surface area contributed by atoms with E-state index in [0.717, 1.165) is 46.3 Å². The van der Waals surface area contributed by atoms with Gasteiger partial charge in [0.05, 0.1) is 23.2 Å². The number of carbonyl (C=O) groups excluding carboxylic acids is 1. The number of rotatable bonds is 6. The van der Waals surface area contributed by atoms with Crippen LogP contribution in [0, 0.1) is 0 Å². The lowest BCUT2D eigenvalue weighted by Crippen LogP contribution is -2.21. The summed E-state index contributed by atoms with van der Waals surface area (Å²) >= 11 is 17.0. The molecule has 174 valence electrons. The molecule has 4 rings (SSSR count). The molecule has 6 nitrogen and oxygen atoms in total. The van der Waals surface area contributed by atoms with Gasteiger partial charge in [0.15, 0.2) is 10.9 Å². The molecular weight excluding hydrogens is 544 g/mol. The summed E-state index contributed by atoms with van der Waals surface area (Å²) in [6, 6.07) is 7.67. The molecule has 1 aliphatic carbocycles. The fourth-order valence-electron chi connectivity index (χ4n) is 3.86. The number of ether oxygens (including phenoxy) is 1. The maximum atomic E-state index is 12.8. The van der Waals surface area contributed by atoms with E-state index >= 15 is 0 Å². The van der Waals surface area contributed by atoms with Gasteiger partial charge in [0.1, 0.15) is 5.00 Å². The summed E-state index contributed by atoms with van der Waals surface area (Å²) in [7, 11) is 0. The van der Waals surface area contributed by atoms with Crippen LogP contribution in [0.3, 0.4) is 0 Å². The molecular formula is C23H24BrClN4O2S2. The maximum Gasteiger partial charge on any atom is 0.341 e. The average Bonchev–Trinajstić information content (AvgIpc) is 3.19. The molecule has 0 aliphatic heterocycles. The van der Waals surface area contributed by atoms with Crippen LogP contribution in [-0.2, 0) is 24.1 Å². The van der Waals surface area contributed by atoms with Gasteiger partial charge in [-0.05, 0) is 77.9 Å². The summed E-state index contributed by atoms with van der Waals surface area (Å²) in [5.74, 6) is 0.280. The molecule has 2 heterocycles. The Bertz CT molecular complexity index is 1180. The maximum absolute atomic E-state index is 12.8. The number of halogens is 2. The Kier molecular flexibility index (Phi) is 8.06. The van der Waals surface area contributed by atoms with Gasteiger partial charge in [-0.2, -0.15) is 5.10 Å². The number of thiophene rings is 1. The Morgan fingerprint density at radius 3 is 2.85 bits per heavy atom. The molecule has 0 saturated carbocycles. The highest BCUT2D eigenvalue weighted by molar-refractivity contribution is 9.10. The average molecular weight is 568 g/mol. The van der Waals surface area contributed by atoms with E-state index in [1.807, 2.05) is 37.4 Å². The summed E-state index contributed by atoms with van der Waals surface area (Å²) in [4.78, 5) is 14.0. The summed E-state index contributed by atoms with van der Waals surface area (Å²) in [5.41, 5.74) is 2.69. The van der Waals surface area contributed by atoms with Crippen molar-refractivity contribution in [2.45, 2.75) is 45.6 Å². The Morgan fingerprint density at radius 2 is 2.06 bits per heavy atom. The number of benzene rings is 1. The number of hydrogen-bond donors (Lipinski definition) is 2. The predicted molar refractivity (Wildman–Crippen MR) is 142 cm³/mol. The zero-order valence-electron chi connectivity index (χ0n) is 18.1. The number of aryl methyl sites for hydroxylation is 1. The SMILES string of the molecule is CCOC(=O)c1c(NC(=S)Nc2nn(Cc3ccccc3Cl)cc2Br)sc2c1CCCCC2. The summed E-state index contributed by atoms with van der Waals surface area (Å²) in [6.07, 6.45) is 7.12.